The van der Waals surface area contributed by atoms with Crippen LogP contribution in [0.5, 0.6) is 0 Å². The van der Waals surface area contributed by atoms with Gasteiger partial charge in [-0.1, -0.05) is 56.2 Å². The number of ketones is 1. The first-order chi connectivity index (χ1) is 16.7. The first-order valence-electron chi connectivity index (χ1n) is 11.6. The van der Waals surface area contributed by atoms with Crippen LogP contribution >= 0.6 is 0 Å². The number of allylic oxidation sites excluding steroid dienone is 1. The molecule has 2 aliphatic heterocycles. The Labute approximate surface area is 205 Å². The van der Waals surface area contributed by atoms with Crippen molar-refractivity contribution < 1.29 is 9.59 Å². The van der Waals surface area contributed by atoms with Crippen LogP contribution in [0.25, 0.3) is 0 Å². The molecule has 174 valence electrons. The molecule has 1 amide bonds. The van der Waals surface area contributed by atoms with Crippen LogP contribution in [0, 0.1) is 36.0 Å². The van der Waals surface area contributed by atoms with Crippen molar-refractivity contribution in [3.8, 4) is 18.4 Å². The number of aryl methyl sites for hydroxylation is 1. The van der Waals surface area contributed by atoms with E-state index >= 15 is 0 Å². The lowest BCUT2D eigenvalue weighted by Gasteiger charge is -2.47. The van der Waals surface area contributed by atoms with Crippen LogP contribution in [0.4, 0.5) is 11.4 Å². The average Bonchev–Trinajstić information content (AvgIpc) is 3.03. The van der Waals surface area contributed by atoms with Crippen molar-refractivity contribution in [2.75, 3.05) is 16.3 Å². The van der Waals surface area contributed by atoms with Gasteiger partial charge in [-0.05, 0) is 36.5 Å². The van der Waals surface area contributed by atoms with Gasteiger partial charge in [0.1, 0.15) is 17.3 Å². The molecule has 0 radical (unpaired) electrons. The Bertz CT molecular complexity index is 1450. The van der Waals surface area contributed by atoms with E-state index in [1.54, 1.807) is 12.1 Å². The largest absolute Gasteiger partial charge is 0.384 e. The molecule has 0 aromatic heterocycles. The summed E-state index contributed by atoms with van der Waals surface area (Å²) < 4.78 is 0. The molecule has 0 fully saturated rings. The Morgan fingerprint density at radius 3 is 2.37 bits per heavy atom. The van der Waals surface area contributed by atoms with Crippen LogP contribution in [0.1, 0.15) is 37.8 Å². The number of fused-ring (bicyclic) bond motifs is 3. The summed E-state index contributed by atoms with van der Waals surface area (Å²) in [5.74, 6) is 2.16. The minimum atomic E-state index is -1.62. The monoisotopic (exact) mass is 462 g/mol. The fourth-order valence-corrected chi connectivity index (χ4v) is 5.89. The van der Waals surface area contributed by atoms with Crippen LogP contribution < -0.4 is 15.5 Å². The summed E-state index contributed by atoms with van der Waals surface area (Å²) >= 11 is 0. The molecule has 0 saturated carbocycles. The molecule has 0 bridgehead atoms. The van der Waals surface area contributed by atoms with Crippen molar-refractivity contribution in [3.63, 3.8) is 0 Å². The molecule has 1 unspecified atom stereocenters. The summed E-state index contributed by atoms with van der Waals surface area (Å²) in [7, 11) is 0. The third-order valence-electron chi connectivity index (χ3n) is 7.25. The zero-order valence-corrected chi connectivity index (χ0v) is 20.1. The lowest BCUT2D eigenvalue weighted by atomic mass is 9.60. The number of nitrogens with two attached hydrogens (primary N) is 1. The van der Waals surface area contributed by atoms with Gasteiger partial charge in [-0.15, -0.1) is 6.42 Å². The number of hydrogen-bond acceptors (Lipinski definition) is 5. The maximum absolute atomic E-state index is 14.3. The van der Waals surface area contributed by atoms with Crippen molar-refractivity contribution >= 4 is 23.1 Å². The van der Waals surface area contributed by atoms with Gasteiger partial charge in [-0.3, -0.25) is 19.4 Å². The van der Waals surface area contributed by atoms with Crippen LogP contribution in [-0.4, -0.2) is 18.2 Å². The molecule has 2 N–H and O–H groups in total. The second-order valence-corrected chi connectivity index (χ2v) is 10.1. The maximum atomic E-state index is 14.3. The molecule has 3 aliphatic rings. The summed E-state index contributed by atoms with van der Waals surface area (Å²) in [5.41, 5.74) is 8.80. The Kier molecular flexibility index (Phi) is 4.90. The van der Waals surface area contributed by atoms with E-state index in [9.17, 15) is 14.9 Å². The fourth-order valence-electron chi connectivity index (χ4n) is 5.89. The highest BCUT2D eigenvalue weighted by Crippen LogP contribution is 2.58. The summed E-state index contributed by atoms with van der Waals surface area (Å²) in [6, 6.07) is 17.2. The zero-order chi connectivity index (χ0) is 25.1. The first-order valence-corrected chi connectivity index (χ1v) is 11.6. The number of nitrogens with zero attached hydrogens (tertiary/aromatic N) is 3. The predicted molar refractivity (Wildman–Crippen MR) is 135 cm³/mol. The number of nitriles is 1. The standard InChI is InChI=1S/C29H26N4O2/c1-5-14-32-22-13-9-7-11-19(22)29(27(32)35)20(17-30)26(31)33(21-12-8-6-10-18(21)2)23-15-28(3,4)16-24(34)25(23)29/h1,6-13H,14-16,31H2,2-4H3. The molecule has 1 spiro atoms. The summed E-state index contributed by atoms with van der Waals surface area (Å²) in [4.78, 5) is 31.6. The summed E-state index contributed by atoms with van der Waals surface area (Å²) in [6.45, 7) is 6.05. The molecular weight excluding hydrogens is 436 g/mol. The van der Waals surface area contributed by atoms with Gasteiger partial charge in [-0.25, -0.2) is 0 Å². The van der Waals surface area contributed by atoms with Crippen molar-refractivity contribution in [3.05, 3.63) is 82.3 Å². The number of benzene rings is 2. The quantitative estimate of drug-likeness (QED) is 0.680. The summed E-state index contributed by atoms with van der Waals surface area (Å²) in [6.07, 6.45) is 6.40. The van der Waals surface area contributed by atoms with Crippen LogP contribution in [-0.2, 0) is 15.0 Å². The number of hydrogen-bond donors (Lipinski definition) is 1. The average molecular weight is 463 g/mol. The van der Waals surface area contributed by atoms with Gasteiger partial charge in [0.25, 0.3) is 0 Å². The van der Waals surface area contributed by atoms with Crippen LogP contribution in [0.15, 0.2) is 71.2 Å². The highest BCUT2D eigenvalue weighted by molar-refractivity contribution is 6.21. The molecule has 0 saturated heterocycles. The third-order valence-corrected chi connectivity index (χ3v) is 7.25. The molecule has 1 aliphatic carbocycles. The Morgan fingerprint density at radius 1 is 1.06 bits per heavy atom. The molecule has 2 heterocycles. The first kappa shape index (κ1) is 22.5. The van der Waals surface area contributed by atoms with Gasteiger partial charge in [0.15, 0.2) is 5.78 Å². The Morgan fingerprint density at radius 2 is 1.71 bits per heavy atom. The minimum Gasteiger partial charge on any atom is -0.384 e. The van der Waals surface area contributed by atoms with Gasteiger partial charge >= 0.3 is 0 Å². The van der Waals surface area contributed by atoms with Gasteiger partial charge in [0, 0.05) is 28.9 Å². The van der Waals surface area contributed by atoms with Crippen molar-refractivity contribution in [1.82, 2.24) is 0 Å². The van der Waals surface area contributed by atoms with Crippen molar-refractivity contribution in [1.29, 1.82) is 5.26 Å². The van der Waals surface area contributed by atoms with Crippen molar-refractivity contribution in [2.45, 2.75) is 39.0 Å². The number of rotatable bonds is 2. The molecule has 2 aromatic carbocycles. The summed E-state index contributed by atoms with van der Waals surface area (Å²) in [5, 5.41) is 10.5. The zero-order valence-electron chi connectivity index (χ0n) is 20.1. The number of Topliss-reactive ketones (excluding diaryl/α,β-unsaturated/α-hetero) is 1. The van der Waals surface area contributed by atoms with Crippen LogP contribution in [0.2, 0.25) is 0 Å². The SMILES string of the molecule is C#CCN1C(=O)C2(C(C#N)=C(N)N(c3ccccc3C)C3=C2C(=O)CC(C)(C)C3)c2ccccc21. The fraction of sp³-hybridized carbons (Fsp3) is 0.276. The van der Waals surface area contributed by atoms with Gasteiger partial charge in [0.05, 0.1) is 17.8 Å². The van der Waals surface area contributed by atoms with E-state index in [0.717, 1.165) is 11.3 Å². The number of terminal acetylenes is 1. The maximum Gasteiger partial charge on any atom is 0.248 e. The van der Waals surface area contributed by atoms with E-state index in [2.05, 4.69) is 12.0 Å². The Hall–Kier alpha value is -4.29. The van der Waals surface area contributed by atoms with E-state index in [4.69, 9.17) is 12.2 Å². The molecule has 2 aromatic rings. The second-order valence-electron chi connectivity index (χ2n) is 10.1. The lowest BCUT2D eigenvalue weighted by Crippen LogP contribution is -2.54. The van der Waals surface area contributed by atoms with E-state index in [0.29, 0.717) is 28.9 Å². The number of amides is 1. The van der Waals surface area contributed by atoms with E-state index in [1.807, 2.05) is 62.1 Å². The van der Waals surface area contributed by atoms with Crippen molar-refractivity contribution in [2.24, 2.45) is 11.1 Å². The van der Waals surface area contributed by atoms with Gasteiger partial charge in [0.2, 0.25) is 5.91 Å². The predicted octanol–water partition coefficient (Wildman–Crippen LogP) is 4.07. The smallest absolute Gasteiger partial charge is 0.248 e. The second kappa shape index (κ2) is 7.61. The molecule has 6 nitrogen and oxygen atoms in total. The minimum absolute atomic E-state index is 0.0278. The third kappa shape index (κ3) is 2.90. The normalized spacial score (nSPS) is 22.8. The topological polar surface area (TPSA) is 90.4 Å². The molecule has 35 heavy (non-hydrogen) atoms. The number of carbonyl (C=O) groups is 2. The lowest BCUT2D eigenvalue weighted by molar-refractivity contribution is -0.125. The van der Waals surface area contributed by atoms with E-state index in [1.165, 1.54) is 4.90 Å². The number of anilines is 2. The van der Waals surface area contributed by atoms with Gasteiger partial charge in [-0.2, -0.15) is 5.26 Å². The highest BCUT2D eigenvalue weighted by atomic mass is 16.2. The number of para-hydroxylation sites is 2. The van der Waals surface area contributed by atoms with E-state index < -0.39 is 11.3 Å². The van der Waals surface area contributed by atoms with Crippen LogP contribution in [0.3, 0.4) is 0 Å². The van der Waals surface area contributed by atoms with E-state index in [-0.39, 0.29) is 35.6 Å². The highest BCUT2D eigenvalue weighted by Gasteiger charge is 2.63. The molecule has 1 atom stereocenters. The molecule has 5 rings (SSSR count). The molecule has 6 heteroatoms. The number of carbonyl (C=O) groups excluding carboxylic acids is 2. The van der Waals surface area contributed by atoms with Gasteiger partial charge < -0.3 is 5.73 Å². The Balaban J connectivity index is 1.93. The molecular formula is C29H26N4O2.